The number of H-pyrrole nitrogens is 1. The number of piperazine rings is 1. The van der Waals surface area contributed by atoms with Gasteiger partial charge in [0.25, 0.3) is 5.91 Å². The van der Waals surface area contributed by atoms with E-state index in [9.17, 15) is 4.79 Å². The van der Waals surface area contributed by atoms with E-state index in [0.717, 1.165) is 30.3 Å². The van der Waals surface area contributed by atoms with E-state index in [1.54, 1.807) is 11.3 Å². The predicted molar refractivity (Wildman–Crippen MR) is 74.4 cm³/mol. The highest BCUT2D eigenvalue weighted by Crippen LogP contribution is 2.12. The third-order valence-corrected chi connectivity index (χ3v) is 4.15. The number of hydrogen-bond donors (Lipinski definition) is 1. The first kappa shape index (κ1) is 13.2. The molecule has 2 aromatic heterocycles. The average Bonchev–Trinajstić information content (AvgIpc) is 3.11. The minimum atomic E-state index is -0.0772. The van der Waals surface area contributed by atoms with E-state index in [2.05, 4.69) is 30.4 Å². The summed E-state index contributed by atoms with van der Waals surface area (Å²) in [4.78, 5) is 24.6. The molecule has 0 bridgehead atoms. The molecule has 0 aliphatic carbocycles. The Hall–Kier alpha value is -1.80. The van der Waals surface area contributed by atoms with Crippen molar-refractivity contribution in [2.45, 2.75) is 13.5 Å². The van der Waals surface area contributed by atoms with Crippen molar-refractivity contribution < 1.29 is 4.79 Å². The second-order valence-electron chi connectivity index (χ2n) is 4.76. The topological polar surface area (TPSA) is 78.0 Å². The lowest BCUT2D eigenvalue weighted by Crippen LogP contribution is -2.48. The number of aryl methyl sites for hydroxylation is 1. The second-order valence-corrected chi connectivity index (χ2v) is 5.82. The maximum absolute atomic E-state index is 12.1. The molecule has 0 unspecified atom stereocenters. The normalized spacial score (nSPS) is 16.6. The molecule has 1 N–H and O–H groups in total. The number of nitrogens with zero attached hydrogens (tertiary/aromatic N) is 5. The summed E-state index contributed by atoms with van der Waals surface area (Å²) < 4.78 is 0. The SMILES string of the molecule is Cc1nc(CN2CCN(C(=O)c3ncn[nH]3)CC2)cs1. The molecular weight excluding hydrogens is 276 g/mol. The molecule has 0 spiro atoms. The maximum atomic E-state index is 12.1. The summed E-state index contributed by atoms with van der Waals surface area (Å²) in [5, 5.41) is 9.52. The smallest absolute Gasteiger partial charge is 0.291 e. The number of aromatic amines is 1. The molecule has 3 heterocycles. The van der Waals surface area contributed by atoms with Crippen molar-refractivity contribution in [2.75, 3.05) is 26.2 Å². The van der Waals surface area contributed by atoms with E-state index in [4.69, 9.17) is 0 Å². The Morgan fingerprint density at radius 1 is 1.40 bits per heavy atom. The molecule has 7 nitrogen and oxygen atoms in total. The van der Waals surface area contributed by atoms with Gasteiger partial charge >= 0.3 is 0 Å². The van der Waals surface area contributed by atoms with Crippen molar-refractivity contribution in [3.05, 3.63) is 28.2 Å². The zero-order valence-corrected chi connectivity index (χ0v) is 12.1. The van der Waals surface area contributed by atoms with Crippen LogP contribution >= 0.6 is 11.3 Å². The van der Waals surface area contributed by atoms with Crippen LogP contribution in [0.1, 0.15) is 21.3 Å². The first-order valence-electron chi connectivity index (χ1n) is 6.50. The molecule has 106 valence electrons. The highest BCUT2D eigenvalue weighted by Gasteiger charge is 2.23. The van der Waals surface area contributed by atoms with Gasteiger partial charge < -0.3 is 4.90 Å². The molecular formula is C12H16N6OS. The molecule has 8 heteroatoms. The number of carbonyl (C=O) groups excluding carboxylic acids is 1. The zero-order valence-electron chi connectivity index (χ0n) is 11.2. The lowest BCUT2D eigenvalue weighted by atomic mass is 10.3. The van der Waals surface area contributed by atoms with E-state index >= 15 is 0 Å². The molecule has 3 rings (SSSR count). The average molecular weight is 292 g/mol. The minimum Gasteiger partial charge on any atom is -0.333 e. The van der Waals surface area contributed by atoms with Gasteiger partial charge in [0, 0.05) is 38.1 Å². The van der Waals surface area contributed by atoms with Gasteiger partial charge in [0.1, 0.15) is 6.33 Å². The van der Waals surface area contributed by atoms with Gasteiger partial charge in [-0.05, 0) is 6.92 Å². The summed E-state index contributed by atoms with van der Waals surface area (Å²) in [6.45, 7) is 6.01. The van der Waals surface area contributed by atoms with Crippen molar-refractivity contribution in [3.63, 3.8) is 0 Å². The third kappa shape index (κ3) is 2.86. The van der Waals surface area contributed by atoms with Gasteiger partial charge in [0.2, 0.25) is 5.82 Å². The molecule has 1 aliphatic rings. The number of aromatic nitrogens is 4. The van der Waals surface area contributed by atoms with Gasteiger partial charge in [-0.3, -0.25) is 14.8 Å². The molecule has 0 radical (unpaired) electrons. The standard InChI is InChI=1S/C12H16N6OS/c1-9-15-10(7-20-9)6-17-2-4-18(5-3-17)12(19)11-13-8-14-16-11/h7-8H,2-6H2,1H3,(H,13,14,16). The fraction of sp³-hybridized carbons (Fsp3) is 0.500. The largest absolute Gasteiger partial charge is 0.333 e. The highest BCUT2D eigenvalue weighted by molar-refractivity contribution is 7.09. The number of rotatable bonds is 3. The van der Waals surface area contributed by atoms with Crippen LogP contribution in [0.2, 0.25) is 0 Å². The third-order valence-electron chi connectivity index (χ3n) is 3.33. The summed E-state index contributed by atoms with van der Waals surface area (Å²) in [5.41, 5.74) is 1.11. The maximum Gasteiger partial charge on any atom is 0.291 e. The number of amides is 1. The number of thiazole rings is 1. The quantitative estimate of drug-likeness (QED) is 0.892. The van der Waals surface area contributed by atoms with E-state index in [-0.39, 0.29) is 5.91 Å². The Morgan fingerprint density at radius 2 is 2.20 bits per heavy atom. The van der Waals surface area contributed by atoms with Crippen molar-refractivity contribution in [3.8, 4) is 0 Å². The molecule has 2 aromatic rings. The minimum absolute atomic E-state index is 0.0772. The molecule has 0 atom stereocenters. The monoisotopic (exact) mass is 292 g/mol. The number of hydrogen-bond acceptors (Lipinski definition) is 6. The lowest BCUT2D eigenvalue weighted by molar-refractivity contribution is 0.0616. The van der Waals surface area contributed by atoms with Gasteiger partial charge in [-0.1, -0.05) is 0 Å². The summed E-state index contributed by atoms with van der Waals surface area (Å²) in [6, 6.07) is 0. The molecule has 0 aromatic carbocycles. The van der Waals surface area contributed by atoms with Crippen LogP contribution in [0.4, 0.5) is 0 Å². The second kappa shape index (κ2) is 5.68. The van der Waals surface area contributed by atoms with Gasteiger partial charge in [-0.15, -0.1) is 11.3 Å². The van der Waals surface area contributed by atoms with Gasteiger partial charge in [0.15, 0.2) is 0 Å². The molecule has 1 fully saturated rings. The molecule has 1 aliphatic heterocycles. The summed E-state index contributed by atoms with van der Waals surface area (Å²) in [5.74, 6) is 0.236. The first-order chi connectivity index (χ1) is 9.72. The fourth-order valence-electron chi connectivity index (χ4n) is 2.28. The molecule has 20 heavy (non-hydrogen) atoms. The highest BCUT2D eigenvalue weighted by atomic mass is 32.1. The predicted octanol–water partition coefficient (Wildman–Crippen LogP) is 0.528. The van der Waals surface area contributed by atoms with Crippen LogP contribution in [0.15, 0.2) is 11.7 Å². The van der Waals surface area contributed by atoms with Gasteiger partial charge in [0.05, 0.1) is 10.7 Å². The van der Waals surface area contributed by atoms with Gasteiger partial charge in [-0.25, -0.2) is 9.97 Å². The van der Waals surface area contributed by atoms with Crippen molar-refractivity contribution >= 4 is 17.2 Å². The first-order valence-corrected chi connectivity index (χ1v) is 7.38. The Bertz CT molecular complexity index is 573. The van der Waals surface area contributed by atoms with Crippen molar-refractivity contribution in [2.24, 2.45) is 0 Å². The van der Waals surface area contributed by atoms with Crippen LogP contribution in [-0.2, 0) is 6.54 Å². The Labute approximate surface area is 120 Å². The van der Waals surface area contributed by atoms with E-state index in [1.165, 1.54) is 6.33 Å². The number of nitrogens with one attached hydrogen (secondary N) is 1. The summed E-state index contributed by atoms with van der Waals surface area (Å²) >= 11 is 1.68. The molecule has 1 saturated heterocycles. The van der Waals surface area contributed by atoms with Crippen molar-refractivity contribution in [1.29, 1.82) is 0 Å². The zero-order chi connectivity index (χ0) is 13.9. The Morgan fingerprint density at radius 3 is 2.80 bits per heavy atom. The number of carbonyl (C=O) groups is 1. The molecule has 0 saturated carbocycles. The van der Waals surface area contributed by atoms with E-state index in [0.29, 0.717) is 18.9 Å². The van der Waals surface area contributed by atoms with Crippen LogP contribution in [0.5, 0.6) is 0 Å². The summed E-state index contributed by atoms with van der Waals surface area (Å²) in [7, 11) is 0. The fourth-order valence-corrected chi connectivity index (χ4v) is 2.88. The van der Waals surface area contributed by atoms with Crippen LogP contribution in [-0.4, -0.2) is 62.1 Å². The van der Waals surface area contributed by atoms with E-state index < -0.39 is 0 Å². The van der Waals surface area contributed by atoms with Crippen LogP contribution in [0.3, 0.4) is 0 Å². The van der Waals surface area contributed by atoms with Crippen LogP contribution in [0.25, 0.3) is 0 Å². The van der Waals surface area contributed by atoms with Crippen LogP contribution in [0, 0.1) is 6.92 Å². The lowest BCUT2D eigenvalue weighted by Gasteiger charge is -2.33. The molecule has 1 amide bonds. The van der Waals surface area contributed by atoms with Gasteiger partial charge in [-0.2, -0.15) is 5.10 Å². The Balaban J connectivity index is 1.53. The summed E-state index contributed by atoms with van der Waals surface area (Å²) in [6.07, 6.45) is 1.36. The van der Waals surface area contributed by atoms with Crippen LogP contribution < -0.4 is 0 Å². The van der Waals surface area contributed by atoms with Crippen molar-refractivity contribution in [1.82, 2.24) is 30.0 Å². The Kier molecular flexibility index (Phi) is 3.75. The van der Waals surface area contributed by atoms with E-state index in [1.807, 2.05) is 11.8 Å².